The largest absolute Gasteiger partial charge is 0.301 e. The molecule has 2 rings (SSSR count). The molecule has 2 aromatic rings. The number of halogens is 1. The summed E-state index contributed by atoms with van der Waals surface area (Å²) in [5.41, 5.74) is 0.777. The van der Waals surface area contributed by atoms with Gasteiger partial charge in [-0.1, -0.05) is 0 Å². The van der Waals surface area contributed by atoms with Crippen molar-refractivity contribution < 1.29 is 9.18 Å². The number of imidazole rings is 1. The molecule has 0 radical (unpaired) electrons. The smallest absolute Gasteiger partial charge is 0.159 e. The van der Waals surface area contributed by atoms with E-state index < -0.39 is 5.82 Å². The molecule has 0 aliphatic carbocycles. The van der Waals surface area contributed by atoms with Crippen LogP contribution in [-0.2, 0) is 0 Å². The van der Waals surface area contributed by atoms with E-state index in [4.69, 9.17) is 0 Å². The van der Waals surface area contributed by atoms with Crippen molar-refractivity contribution >= 4 is 5.78 Å². The van der Waals surface area contributed by atoms with Gasteiger partial charge in [-0.05, 0) is 32.0 Å². The zero-order valence-corrected chi connectivity index (χ0v) is 9.07. The number of carbonyl (C=O) groups excluding carboxylic acids is 1. The lowest BCUT2D eigenvalue weighted by molar-refractivity contribution is 0.101. The maximum absolute atomic E-state index is 13.8. The average molecular weight is 218 g/mol. The quantitative estimate of drug-likeness (QED) is 0.726. The van der Waals surface area contributed by atoms with Gasteiger partial charge in [0, 0.05) is 18.0 Å². The van der Waals surface area contributed by atoms with Crippen LogP contribution in [0.15, 0.2) is 30.6 Å². The third-order valence-electron chi connectivity index (χ3n) is 2.44. The molecule has 0 atom stereocenters. The molecule has 0 bridgehead atoms. The monoisotopic (exact) mass is 218 g/mol. The Labute approximate surface area is 92.5 Å². The number of hydrogen-bond donors (Lipinski definition) is 0. The van der Waals surface area contributed by atoms with Crippen LogP contribution in [0.4, 0.5) is 4.39 Å². The minimum Gasteiger partial charge on any atom is -0.301 e. The van der Waals surface area contributed by atoms with Gasteiger partial charge < -0.3 is 4.57 Å². The fraction of sp³-hybridized carbons (Fsp3) is 0.167. The van der Waals surface area contributed by atoms with E-state index in [1.165, 1.54) is 13.0 Å². The summed E-state index contributed by atoms with van der Waals surface area (Å²) >= 11 is 0. The fourth-order valence-corrected chi connectivity index (χ4v) is 1.55. The summed E-state index contributed by atoms with van der Waals surface area (Å²) in [7, 11) is 0. The van der Waals surface area contributed by atoms with Crippen molar-refractivity contribution in [2.24, 2.45) is 0 Å². The Bertz CT molecular complexity index is 546. The molecule has 0 aliphatic heterocycles. The van der Waals surface area contributed by atoms with Crippen LogP contribution in [0.3, 0.4) is 0 Å². The molecule has 16 heavy (non-hydrogen) atoms. The number of aryl methyl sites for hydroxylation is 1. The van der Waals surface area contributed by atoms with E-state index in [0.717, 1.165) is 0 Å². The van der Waals surface area contributed by atoms with E-state index in [2.05, 4.69) is 4.98 Å². The van der Waals surface area contributed by atoms with Crippen LogP contribution in [-0.4, -0.2) is 15.3 Å². The van der Waals surface area contributed by atoms with Crippen molar-refractivity contribution in [3.63, 3.8) is 0 Å². The van der Waals surface area contributed by atoms with Crippen molar-refractivity contribution in [2.75, 3.05) is 0 Å². The van der Waals surface area contributed by atoms with E-state index in [1.807, 2.05) is 0 Å². The fourth-order valence-electron chi connectivity index (χ4n) is 1.55. The van der Waals surface area contributed by atoms with Crippen LogP contribution in [0.1, 0.15) is 23.1 Å². The molecule has 3 nitrogen and oxygen atoms in total. The molecule has 0 amide bonds. The Morgan fingerprint density at radius 1 is 1.44 bits per heavy atom. The lowest BCUT2D eigenvalue weighted by Crippen LogP contribution is -2.01. The van der Waals surface area contributed by atoms with E-state index >= 15 is 0 Å². The second-order valence-electron chi connectivity index (χ2n) is 3.57. The molecule has 0 saturated heterocycles. The van der Waals surface area contributed by atoms with E-state index in [0.29, 0.717) is 17.1 Å². The highest BCUT2D eigenvalue weighted by molar-refractivity contribution is 5.94. The molecule has 82 valence electrons. The van der Waals surface area contributed by atoms with Crippen LogP contribution >= 0.6 is 0 Å². The van der Waals surface area contributed by atoms with Gasteiger partial charge in [-0.3, -0.25) is 4.79 Å². The average Bonchev–Trinajstić information content (AvgIpc) is 2.64. The highest BCUT2D eigenvalue weighted by Gasteiger charge is 2.09. The maximum atomic E-state index is 13.8. The number of ketones is 1. The van der Waals surface area contributed by atoms with Gasteiger partial charge in [0.05, 0.1) is 5.69 Å². The van der Waals surface area contributed by atoms with Gasteiger partial charge in [-0.2, -0.15) is 0 Å². The molecule has 1 aromatic heterocycles. The number of hydrogen-bond acceptors (Lipinski definition) is 2. The Morgan fingerprint density at radius 3 is 2.69 bits per heavy atom. The van der Waals surface area contributed by atoms with Crippen molar-refractivity contribution in [2.45, 2.75) is 13.8 Å². The normalized spacial score (nSPS) is 10.4. The first-order chi connectivity index (χ1) is 7.59. The summed E-state index contributed by atoms with van der Waals surface area (Å²) in [6, 6.07) is 4.44. The van der Waals surface area contributed by atoms with Gasteiger partial charge in [0.2, 0.25) is 0 Å². The minimum atomic E-state index is -0.422. The summed E-state index contributed by atoms with van der Waals surface area (Å²) in [5, 5.41) is 0. The number of benzene rings is 1. The Kier molecular flexibility index (Phi) is 2.56. The van der Waals surface area contributed by atoms with Gasteiger partial charge in [0.1, 0.15) is 11.6 Å². The Balaban J connectivity index is 2.52. The third kappa shape index (κ3) is 1.74. The van der Waals surface area contributed by atoms with Crippen LogP contribution in [0.2, 0.25) is 0 Å². The molecular formula is C12H11FN2O. The molecule has 1 aromatic carbocycles. The van der Waals surface area contributed by atoms with Crippen LogP contribution in [0, 0.1) is 12.7 Å². The van der Waals surface area contributed by atoms with Gasteiger partial charge in [-0.15, -0.1) is 0 Å². The summed E-state index contributed by atoms with van der Waals surface area (Å²) < 4.78 is 15.4. The molecule has 0 unspecified atom stereocenters. The topological polar surface area (TPSA) is 34.9 Å². The van der Waals surface area contributed by atoms with Gasteiger partial charge in [0.15, 0.2) is 5.78 Å². The second kappa shape index (κ2) is 3.89. The van der Waals surface area contributed by atoms with Crippen molar-refractivity contribution in [3.8, 4) is 5.69 Å². The standard InChI is InChI=1S/C12H11FN2O/c1-8(16)10-3-4-12(11(13)7-10)15-6-5-14-9(15)2/h3-7H,1-2H3. The van der Waals surface area contributed by atoms with Gasteiger partial charge in [0.25, 0.3) is 0 Å². The summed E-state index contributed by atoms with van der Waals surface area (Å²) in [4.78, 5) is 15.1. The van der Waals surface area contributed by atoms with E-state index in [9.17, 15) is 9.18 Å². The summed E-state index contributed by atoms with van der Waals surface area (Å²) in [5.74, 6) is 0.135. The molecule has 0 N–H and O–H groups in total. The summed E-state index contributed by atoms with van der Waals surface area (Å²) in [6.45, 7) is 3.20. The highest BCUT2D eigenvalue weighted by atomic mass is 19.1. The zero-order chi connectivity index (χ0) is 11.7. The van der Waals surface area contributed by atoms with Crippen LogP contribution < -0.4 is 0 Å². The molecule has 0 saturated carbocycles. The van der Waals surface area contributed by atoms with E-state index in [1.54, 1.807) is 36.0 Å². The highest BCUT2D eigenvalue weighted by Crippen LogP contribution is 2.16. The van der Waals surface area contributed by atoms with Crippen molar-refractivity contribution in [3.05, 3.63) is 47.8 Å². The lowest BCUT2D eigenvalue weighted by atomic mass is 10.1. The maximum Gasteiger partial charge on any atom is 0.159 e. The predicted molar refractivity (Wildman–Crippen MR) is 58.3 cm³/mol. The van der Waals surface area contributed by atoms with Gasteiger partial charge in [-0.25, -0.2) is 9.37 Å². The second-order valence-corrected chi connectivity index (χ2v) is 3.57. The Morgan fingerprint density at radius 2 is 2.19 bits per heavy atom. The molecule has 0 fully saturated rings. The first-order valence-electron chi connectivity index (χ1n) is 4.90. The van der Waals surface area contributed by atoms with Crippen molar-refractivity contribution in [1.82, 2.24) is 9.55 Å². The SMILES string of the molecule is CC(=O)c1ccc(-n2ccnc2C)c(F)c1. The third-order valence-corrected chi connectivity index (χ3v) is 2.44. The Hall–Kier alpha value is -1.97. The number of nitrogens with zero attached hydrogens (tertiary/aromatic N) is 2. The van der Waals surface area contributed by atoms with E-state index in [-0.39, 0.29) is 5.78 Å². The molecular weight excluding hydrogens is 207 g/mol. The number of Topliss-reactive ketones (excluding diaryl/α,β-unsaturated/α-hetero) is 1. The summed E-state index contributed by atoms with van der Waals surface area (Å²) in [6.07, 6.45) is 3.29. The number of carbonyl (C=O) groups is 1. The zero-order valence-electron chi connectivity index (χ0n) is 9.07. The minimum absolute atomic E-state index is 0.146. The molecule has 0 aliphatic rings. The number of rotatable bonds is 2. The molecule has 4 heteroatoms. The van der Waals surface area contributed by atoms with Crippen LogP contribution in [0.25, 0.3) is 5.69 Å². The molecule has 1 heterocycles. The van der Waals surface area contributed by atoms with Crippen LogP contribution in [0.5, 0.6) is 0 Å². The van der Waals surface area contributed by atoms with Gasteiger partial charge >= 0.3 is 0 Å². The predicted octanol–water partition coefficient (Wildman–Crippen LogP) is 2.52. The first-order valence-corrected chi connectivity index (χ1v) is 4.90. The first kappa shape index (κ1) is 10.5. The number of aromatic nitrogens is 2. The van der Waals surface area contributed by atoms with Crippen molar-refractivity contribution in [1.29, 1.82) is 0 Å². The lowest BCUT2D eigenvalue weighted by Gasteiger charge is -2.07. The molecule has 0 spiro atoms.